The minimum Gasteiger partial charge on any atom is -0.467 e. The summed E-state index contributed by atoms with van der Waals surface area (Å²) < 4.78 is 10.1. The normalized spacial score (nSPS) is 19.1. The lowest BCUT2D eigenvalue weighted by atomic mass is 9.97. The Morgan fingerprint density at radius 1 is 1.26 bits per heavy atom. The first kappa shape index (κ1) is 13.3. The zero-order valence-electron chi connectivity index (χ0n) is 11.1. The molecule has 0 aliphatic carbocycles. The van der Waals surface area contributed by atoms with Crippen LogP contribution >= 0.6 is 0 Å². The summed E-state index contributed by atoms with van der Waals surface area (Å²) >= 11 is 0. The highest BCUT2D eigenvalue weighted by molar-refractivity contribution is 5.80. The summed E-state index contributed by atoms with van der Waals surface area (Å²) in [6, 6.07) is 0.429. The molecule has 0 radical (unpaired) electrons. The molecule has 1 saturated heterocycles. The van der Waals surface area contributed by atoms with Gasteiger partial charge in [-0.25, -0.2) is 0 Å². The van der Waals surface area contributed by atoms with Gasteiger partial charge in [0.25, 0.3) is 0 Å². The van der Waals surface area contributed by atoms with Crippen LogP contribution < -0.4 is 20.1 Å². The molecule has 8 heteroatoms. The fourth-order valence-electron chi connectivity index (χ4n) is 2.06. The van der Waals surface area contributed by atoms with E-state index in [0.717, 1.165) is 19.4 Å². The Morgan fingerprint density at radius 2 is 1.89 bits per heavy atom. The molecule has 1 aromatic rings. The van der Waals surface area contributed by atoms with Gasteiger partial charge in [0.05, 0.1) is 20.1 Å². The van der Waals surface area contributed by atoms with Crippen molar-refractivity contribution in [2.45, 2.75) is 12.8 Å². The first-order chi connectivity index (χ1) is 9.13. The average molecular weight is 266 g/mol. The van der Waals surface area contributed by atoms with E-state index in [0.29, 0.717) is 12.5 Å². The molecule has 1 aromatic heterocycles. The number of aromatic nitrogens is 3. The fourth-order valence-corrected chi connectivity index (χ4v) is 2.06. The molecule has 19 heavy (non-hydrogen) atoms. The number of amidine groups is 1. The van der Waals surface area contributed by atoms with Crippen molar-refractivity contribution in [2.24, 2.45) is 11.7 Å². The lowest BCUT2D eigenvalue weighted by molar-refractivity contribution is 0.338. The SMILES string of the molecule is COc1nc(OC)nc(N2CCCC(C(=N)N)C2)n1. The molecule has 0 aromatic carbocycles. The van der Waals surface area contributed by atoms with Crippen LogP contribution in [0.1, 0.15) is 12.8 Å². The smallest absolute Gasteiger partial charge is 0.324 e. The van der Waals surface area contributed by atoms with E-state index in [1.165, 1.54) is 14.2 Å². The topological polar surface area (TPSA) is 110 Å². The number of anilines is 1. The van der Waals surface area contributed by atoms with Gasteiger partial charge in [0, 0.05) is 19.0 Å². The van der Waals surface area contributed by atoms with Crippen molar-refractivity contribution in [3.05, 3.63) is 0 Å². The van der Waals surface area contributed by atoms with E-state index < -0.39 is 0 Å². The van der Waals surface area contributed by atoms with Gasteiger partial charge in [0.2, 0.25) is 5.95 Å². The third-order valence-electron chi connectivity index (χ3n) is 3.09. The van der Waals surface area contributed by atoms with Crippen molar-refractivity contribution in [2.75, 3.05) is 32.2 Å². The van der Waals surface area contributed by atoms with Crippen LogP contribution in [0.25, 0.3) is 0 Å². The van der Waals surface area contributed by atoms with Gasteiger partial charge in [0.1, 0.15) is 0 Å². The number of methoxy groups -OCH3 is 2. The predicted molar refractivity (Wildman–Crippen MR) is 69.8 cm³/mol. The molecule has 2 heterocycles. The van der Waals surface area contributed by atoms with Gasteiger partial charge >= 0.3 is 12.0 Å². The van der Waals surface area contributed by atoms with Crippen LogP contribution in [0.4, 0.5) is 5.95 Å². The summed E-state index contributed by atoms with van der Waals surface area (Å²) in [5, 5.41) is 7.55. The van der Waals surface area contributed by atoms with Crippen molar-refractivity contribution >= 4 is 11.8 Å². The number of piperidine rings is 1. The van der Waals surface area contributed by atoms with Gasteiger partial charge in [-0.15, -0.1) is 4.98 Å². The first-order valence-corrected chi connectivity index (χ1v) is 6.07. The summed E-state index contributed by atoms with van der Waals surface area (Å²) in [6.45, 7) is 1.45. The fraction of sp³-hybridized carbons (Fsp3) is 0.636. The molecule has 1 atom stereocenters. The Kier molecular flexibility index (Phi) is 3.98. The number of rotatable bonds is 4. The van der Waals surface area contributed by atoms with Gasteiger partial charge in [0.15, 0.2) is 0 Å². The second-order valence-corrected chi connectivity index (χ2v) is 4.35. The molecule has 1 unspecified atom stereocenters. The van der Waals surface area contributed by atoms with Crippen molar-refractivity contribution < 1.29 is 9.47 Å². The number of nitrogens with one attached hydrogen (secondary N) is 1. The highest BCUT2D eigenvalue weighted by Crippen LogP contribution is 2.22. The zero-order valence-corrected chi connectivity index (χ0v) is 11.1. The number of nitrogens with zero attached hydrogens (tertiary/aromatic N) is 4. The molecule has 0 saturated carbocycles. The van der Waals surface area contributed by atoms with Crippen LogP contribution in [0.3, 0.4) is 0 Å². The molecule has 104 valence electrons. The summed E-state index contributed by atoms with van der Waals surface area (Å²) in [7, 11) is 2.99. The van der Waals surface area contributed by atoms with Crippen LogP contribution in [-0.4, -0.2) is 48.1 Å². The first-order valence-electron chi connectivity index (χ1n) is 6.07. The van der Waals surface area contributed by atoms with Gasteiger partial charge in [-0.05, 0) is 12.8 Å². The van der Waals surface area contributed by atoms with Crippen molar-refractivity contribution in [3.63, 3.8) is 0 Å². The Labute approximate surface area is 111 Å². The maximum absolute atomic E-state index is 7.55. The molecule has 0 amide bonds. The second-order valence-electron chi connectivity index (χ2n) is 4.35. The Bertz CT molecular complexity index is 444. The third kappa shape index (κ3) is 3.01. The molecule has 1 fully saturated rings. The Hall–Kier alpha value is -2.12. The summed E-state index contributed by atoms with van der Waals surface area (Å²) in [5.74, 6) is 0.745. The van der Waals surface area contributed by atoms with Crippen LogP contribution in [0.2, 0.25) is 0 Å². The maximum atomic E-state index is 7.55. The second kappa shape index (κ2) is 5.68. The number of ether oxygens (including phenoxy) is 2. The van der Waals surface area contributed by atoms with E-state index in [1.54, 1.807) is 0 Å². The van der Waals surface area contributed by atoms with E-state index in [9.17, 15) is 0 Å². The number of nitrogens with two attached hydrogens (primary N) is 1. The van der Waals surface area contributed by atoms with Crippen LogP contribution in [-0.2, 0) is 0 Å². The summed E-state index contributed by atoms with van der Waals surface area (Å²) in [6.07, 6.45) is 1.87. The Balaban J connectivity index is 2.22. The largest absolute Gasteiger partial charge is 0.467 e. The lowest BCUT2D eigenvalue weighted by Crippen LogP contribution is -2.41. The van der Waals surface area contributed by atoms with Gasteiger partial charge in [-0.2, -0.15) is 9.97 Å². The molecule has 0 spiro atoms. The maximum Gasteiger partial charge on any atom is 0.324 e. The van der Waals surface area contributed by atoms with Gasteiger partial charge in [-0.1, -0.05) is 0 Å². The van der Waals surface area contributed by atoms with Crippen molar-refractivity contribution in [1.82, 2.24) is 15.0 Å². The zero-order chi connectivity index (χ0) is 13.8. The van der Waals surface area contributed by atoms with E-state index >= 15 is 0 Å². The highest BCUT2D eigenvalue weighted by atomic mass is 16.5. The standard InChI is InChI=1S/C11H18N6O2/c1-18-10-14-9(15-11(16-10)19-2)17-5-3-4-7(6-17)8(12)13/h7H,3-6H2,1-2H3,(H3,12,13). The minimum absolute atomic E-state index is 0.0440. The van der Waals surface area contributed by atoms with Gasteiger partial charge < -0.3 is 20.1 Å². The van der Waals surface area contributed by atoms with Crippen LogP contribution in [0.15, 0.2) is 0 Å². The van der Waals surface area contributed by atoms with E-state index in [1.807, 2.05) is 4.90 Å². The number of hydrogen-bond donors (Lipinski definition) is 2. The van der Waals surface area contributed by atoms with Crippen LogP contribution in [0, 0.1) is 11.3 Å². The summed E-state index contributed by atoms with van der Waals surface area (Å²) in [4.78, 5) is 14.3. The molecule has 0 bridgehead atoms. The quantitative estimate of drug-likeness (QED) is 0.584. The number of hydrogen-bond acceptors (Lipinski definition) is 7. The van der Waals surface area contributed by atoms with E-state index in [-0.39, 0.29) is 23.8 Å². The lowest BCUT2D eigenvalue weighted by Gasteiger charge is -2.32. The van der Waals surface area contributed by atoms with E-state index in [4.69, 9.17) is 20.6 Å². The molecule has 1 aliphatic heterocycles. The summed E-state index contributed by atoms with van der Waals surface area (Å²) in [5.41, 5.74) is 5.57. The predicted octanol–water partition coefficient (Wildman–Crippen LogP) is 0.0412. The molecule has 3 N–H and O–H groups in total. The Morgan fingerprint density at radius 3 is 2.42 bits per heavy atom. The van der Waals surface area contributed by atoms with Crippen LogP contribution in [0.5, 0.6) is 12.0 Å². The van der Waals surface area contributed by atoms with Crippen molar-refractivity contribution in [1.29, 1.82) is 5.41 Å². The molecular formula is C11H18N6O2. The van der Waals surface area contributed by atoms with Crippen molar-refractivity contribution in [3.8, 4) is 12.0 Å². The minimum atomic E-state index is 0.0440. The molecular weight excluding hydrogens is 248 g/mol. The highest BCUT2D eigenvalue weighted by Gasteiger charge is 2.24. The molecule has 8 nitrogen and oxygen atoms in total. The average Bonchev–Trinajstić information content (AvgIpc) is 2.46. The molecule has 1 aliphatic rings. The molecule has 2 rings (SSSR count). The van der Waals surface area contributed by atoms with E-state index in [2.05, 4.69) is 15.0 Å². The monoisotopic (exact) mass is 266 g/mol. The van der Waals surface area contributed by atoms with Gasteiger partial charge in [-0.3, -0.25) is 5.41 Å². The third-order valence-corrected chi connectivity index (χ3v) is 3.09.